The molecule has 0 atom stereocenters. The van der Waals surface area contributed by atoms with Crippen LogP contribution < -0.4 is 9.80 Å². The molecule has 2 aromatic rings. The molecule has 0 saturated carbocycles. The first-order chi connectivity index (χ1) is 11.9. The van der Waals surface area contributed by atoms with Crippen molar-refractivity contribution in [3.63, 3.8) is 0 Å². The number of nitrogens with zero attached hydrogens (tertiary/aromatic N) is 5. The Kier molecular flexibility index (Phi) is 4.68. The molecule has 3 rings (SSSR count). The molecule has 0 bridgehead atoms. The van der Waals surface area contributed by atoms with E-state index in [0.29, 0.717) is 37.7 Å². The van der Waals surface area contributed by atoms with E-state index in [1.54, 1.807) is 12.3 Å². The zero-order valence-corrected chi connectivity index (χ0v) is 13.7. The van der Waals surface area contributed by atoms with Gasteiger partial charge < -0.3 is 9.80 Å². The van der Waals surface area contributed by atoms with Crippen molar-refractivity contribution in [2.75, 3.05) is 36.0 Å². The number of anilines is 2. The van der Waals surface area contributed by atoms with Crippen LogP contribution in [0.3, 0.4) is 0 Å². The lowest BCUT2D eigenvalue weighted by Gasteiger charge is -2.37. The van der Waals surface area contributed by atoms with Gasteiger partial charge in [-0.15, -0.1) is 0 Å². The number of aromatic nitrogens is 2. The molecular weight excluding hydrogens is 355 g/mol. The van der Waals surface area contributed by atoms with E-state index in [9.17, 15) is 13.2 Å². The molecule has 0 amide bonds. The fourth-order valence-electron chi connectivity index (χ4n) is 2.67. The third-order valence-corrected chi connectivity index (χ3v) is 4.23. The molecule has 1 aliphatic rings. The largest absolute Gasteiger partial charge is 0.417 e. The number of piperazine rings is 1. The van der Waals surface area contributed by atoms with Crippen molar-refractivity contribution in [1.82, 2.24) is 9.97 Å². The first kappa shape index (κ1) is 17.3. The van der Waals surface area contributed by atoms with Crippen LogP contribution in [-0.2, 0) is 6.18 Å². The lowest BCUT2D eigenvalue weighted by Crippen LogP contribution is -2.47. The summed E-state index contributed by atoms with van der Waals surface area (Å²) in [4.78, 5) is 11.8. The Hall–Kier alpha value is -2.53. The number of rotatable bonds is 2. The molecule has 0 aromatic carbocycles. The standard InChI is InChI=1S/C16H13ClF3N5/c17-14-7-11(16(18,19)20)10-23-15(14)25-5-3-24(4-6-25)13-1-2-22-12(8-13)9-21/h1-2,7-8,10H,3-6H2. The van der Waals surface area contributed by atoms with Gasteiger partial charge in [-0.3, -0.25) is 0 Å². The van der Waals surface area contributed by atoms with Crippen molar-refractivity contribution in [2.24, 2.45) is 0 Å². The molecule has 3 heterocycles. The van der Waals surface area contributed by atoms with Crippen LogP contribution in [-0.4, -0.2) is 36.1 Å². The maximum atomic E-state index is 12.7. The minimum atomic E-state index is -4.46. The van der Waals surface area contributed by atoms with Gasteiger partial charge in [-0.25, -0.2) is 9.97 Å². The number of halogens is 4. The zero-order valence-electron chi connectivity index (χ0n) is 13.0. The van der Waals surface area contributed by atoms with Gasteiger partial charge in [-0.1, -0.05) is 11.6 Å². The fraction of sp³-hybridized carbons (Fsp3) is 0.312. The Morgan fingerprint density at radius 3 is 2.36 bits per heavy atom. The minimum absolute atomic E-state index is 0.0149. The molecule has 9 heteroatoms. The SMILES string of the molecule is N#Cc1cc(N2CCN(c3ncc(C(F)(F)F)cc3Cl)CC2)ccn1. The lowest BCUT2D eigenvalue weighted by atomic mass is 10.2. The molecule has 0 N–H and O–H groups in total. The number of pyridine rings is 2. The molecule has 2 aromatic heterocycles. The smallest absolute Gasteiger partial charge is 0.368 e. The van der Waals surface area contributed by atoms with Crippen LogP contribution in [0.25, 0.3) is 0 Å². The molecule has 0 spiro atoms. The maximum absolute atomic E-state index is 12.7. The number of hydrogen-bond acceptors (Lipinski definition) is 5. The van der Waals surface area contributed by atoms with Gasteiger partial charge in [0.2, 0.25) is 0 Å². The van der Waals surface area contributed by atoms with Gasteiger partial charge in [-0.2, -0.15) is 18.4 Å². The van der Waals surface area contributed by atoms with Gasteiger partial charge in [0.25, 0.3) is 0 Å². The first-order valence-electron chi connectivity index (χ1n) is 7.47. The van der Waals surface area contributed by atoms with Crippen molar-refractivity contribution >= 4 is 23.1 Å². The Morgan fingerprint density at radius 1 is 1.08 bits per heavy atom. The van der Waals surface area contributed by atoms with Gasteiger partial charge in [-0.05, 0) is 18.2 Å². The third kappa shape index (κ3) is 3.77. The Balaban J connectivity index is 1.71. The highest BCUT2D eigenvalue weighted by molar-refractivity contribution is 6.33. The van der Waals surface area contributed by atoms with Gasteiger partial charge in [0.1, 0.15) is 17.6 Å². The molecule has 5 nitrogen and oxygen atoms in total. The van der Waals surface area contributed by atoms with Gasteiger partial charge in [0.05, 0.1) is 10.6 Å². The summed E-state index contributed by atoms with van der Waals surface area (Å²) in [6.07, 6.45) is -2.09. The van der Waals surface area contributed by atoms with Crippen molar-refractivity contribution < 1.29 is 13.2 Å². The van der Waals surface area contributed by atoms with E-state index >= 15 is 0 Å². The summed E-state index contributed by atoms with van der Waals surface area (Å²) >= 11 is 6.00. The van der Waals surface area contributed by atoms with Crippen LogP contribution in [0.4, 0.5) is 24.7 Å². The number of alkyl halides is 3. The predicted octanol–water partition coefficient (Wildman–Crippen LogP) is 3.35. The normalized spacial score (nSPS) is 15.2. The molecule has 25 heavy (non-hydrogen) atoms. The van der Waals surface area contributed by atoms with Gasteiger partial charge in [0.15, 0.2) is 0 Å². The van der Waals surface area contributed by atoms with E-state index in [1.807, 2.05) is 17.0 Å². The van der Waals surface area contributed by atoms with E-state index in [1.165, 1.54) is 0 Å². The summed E-state index contributed by atoms with van der Waals surface area (Å²) in [5, 5.41) is 8.90. The highest BCUT2D eigenvalue weighted by Crippen LogP contribution is 2.33. The molecule has 1 saturated heterocycles. The summed E-state index contributed by atoms with van der Waals surface area (Å²) in [6, 6.07) is 6.43. The second kappa shape index (κ2) is 6.76. The number of hydrogen-bond donors (Lipinski definition) is 0. The number of nitriles is 1. The van der Waals surface area contributed by atoms with Crippen molar-refractivity contribution in [2.45, 2.75) is 6.18 Å². The molecular formula is C16H13ClF3N5. The van der Waals surface area contributed by atoms with Crippen molar-refractivity contribution in [1.29, 1.82) is 5.26 Å². The van der Waals surface area contributed by atoms with Crippen LogP contribution in [0.5, 0.6) is 0 Å². The summed E-state index contributed by atoms with van der Waals surface area (Å²) in [5.41, 5.74) is 0.366. The molecule has 0 radical (unpaired) electrons. The average molecular weight is 368 g/mol. The highest BCUT2D eigenvalue weighted by atomic mass is 35.5. The second-order valence-corrected chi connectivity index (χ2v) is 5.92. The van der Waals surface area contributed by atoms with E-state index in [4.69, 9.17) is 16.9 Å². The monoisotopic (exact) mass is 367 g/mol. The summed E-state index contributed by atoms with van der Waals surface area (Å²) < 4.78 is 38.1. The van der Waals surface area contributed by atoms with E-state index in [0.717, 1.165) is 18.0 Å². The zero-order chi connectivity index (χ0) is 18.0. The second-order valence-electron chi connectivity index (χ2n) is 5.51. The van der Waals surface area contributed by atoms with Crippen LogP contribution in [0.15, 0.2) is 30.6 Å². The first-order valence-corrected chi connectivity index (χ1v) is 7.85. The van der Waals surface area contributed by atoms with Crippen LogP contribution in [0.1, 0.15) is 11.3 Å². The van der Waals surface area contributed by atoms with E-state index < -0.39 is 11.7 Å². The van der Waals surface area contributed by atoms with E-state index in [-0.39, 0.29) is 5.02 Å². The Bertz CT molecular complexity index is 810. The Labute approximate surface area is 147 Å². The quantitative estimate of drug-likeness (QED) is 0.814. The summed E-state index contributed by atoms with van der Waals surface area (Å²) in [7, 11) is 0. The van der Waals surface area contributed by atoms with E-state index in [2.05, 4.69) is 14.9 Å². The molecule has 0 unspecified atom stereocenters. The summed E-state index contributed by atoms with van der Waals surface area (Å²) in [6.45, 7) is 2.38. The maximum Gasteiger partial charge on any atom is 0.417 e. The molecule has 1 fully saturated rings. The lowest BCUT2D eigenvalue weighted by molar-refractivity contribution is -0.137. The molecule has 130 valence electrons. The molecule has 1 aliphatic heterocycles. The minimum Gasteiger partial charge on any atom is -0.368 e. The highest BCUT2D eigenvalue weighted by Gasteiger charge is 2.32. The average Bonchev–Trinajstić information content (AvgIpc) is 2.61. The Morgan fingerprint density at radius 2 is 1.76 bits per heavy atom. The third-order valence-electron chi connectivity index (χ3n) is 3.95. The van der Waals surface area contributed by atoms with Crippen LogP contribution >= 0.6 is 11.6 Å². The van der Waals surface area contributed by atoms with Gasteiger partial charge in [0, 0.05) is 44.3 Å². The predicted molar refractivity (Wildman–Crippen MR) is 87.6 cm³/mol. The van der Waals surface area contributed by atoms with Crippen LogP contribution in [0.2, 0.25) is 5.02 Å². The summed E-state index contributed by atoms with van der Waals surface area (Å²) in [5.74, 6) is 0.349. The molecule has 0 aliphatic carbocycles. The topological polar surface area (TPSA) is 56.1 Å². The van der Waals surface area contributed by atoms with Crippen LogP contribution in [0, 0.1) is 11.3 Å². The van der Waals surface area contributed by atoms with Crippen molar-refractivity contribution in [3.05, 3.63) is 46.9 Å². The van der Waals surface area contributed by atoms with Gasteiger partial charge >= 0.3 is 6.18 Å². The van der Waals surface area contributed by atoms with Crippen molar-refractivity contribution in [3.8, 4) is 6.07 Å². The fourth-order valence-corrected chi connectivity index (χ4v) is 2.96.